The van der Waals surface area contributed by atoms with E-state index >= 15 is 0 Å². The van der Waals surface area contributed by atoms with Crippen molar-refractivity contribution in [3.8, 4) is 17.2 Å². The highest BCUT2D eigenvalue weighted by atomic mass is 79.9. The lowest BCUT2D eigenvalue weighted by Crippen LogP contribution is -2.40. The van der Waals surface area contributed by atoms with Crippen LogP contribution in [0.15, 0.2) is 61.9 Å². The minimum Gasteiger partial charge on any atom is -0.496 e. The van der Waals surface area contributed by atoms with Gasteiger partial charge in [-0.3, -0.25) is 9.36 Å². The van der Waals surface area contributed by atoms with Crippen molar-refractivity contribution >= 4 is 39.3 Å². The van der Waals surface area contributed by atoms with Crippen molar-refractivity contribution in [1.29, 1.82) is 0 Å². The second kappa shape index (κ2) is 11.4. The highest BCUT2D eigenvalue weighted by Gasteiger charge is 2.35. The van der Waals surface area contributed by atoms with Crippen LogP contribution in [0.1, 0.15) is 37.9 Å². The van der Waals surface area contributed by atoms with Gasteiger partial charge < -0.3 is 18.9 Å². The minimum atomic E-state index is -0.809. The topological polar surface area (TPSA) is 88.4 Å². The molecule has 0 saturated carbocycles. The van der Waals surface area contributed by atoms with Crippen molar-refractivity contribution in [3.63, 3.8) is 0 Å². The first kappa shape index (κ1) is 26.7. The number of benzene rings is 2. The average Bonchev–Trinajstić information content (AvgIpc) is 3.18. The fourth-order valence-corrected chi connectivity index (χ4v) is 5.82. The molecule has 0 saturated heterocycles. The second-order valence-corrected chi connectivity index (χ2v) is 9.87. The van der Waals surface area contributed by atoms with Gasteiger partial charge in [0.15, 0.2) is 16.3 Å². The minimum absolute atomic E-state index is 0.190. The lowest BCUT2D eigenvalue weighted by molar-refractivity contribution is -0.139. The Kier molecular flexibility index (Phi) is 8.19. The van der Waals surface area contributed by atoms with Gasteiger partial charge >= 0.3 is 5.97 Å². The number of allylic oxidation sites excluding steroid dienone is 1. The summed E-state index contributed by atoms with van der Waals surface area (Å²) in [6.07, 6.45) is 1.80. The van der Waals surface area contributed by atoms with Crippen LogP contribution >= 0.6 is 27.3 Å². The summed E-state index contributed by atoms with van der Waals surface area (Å²) in [7, 11) is 3.14. The van der Waals surface area contributed by atoms with Crippen LogP contribution in [0.3, 0.4) is 0 Å². The fourth-order valence-electron chi connectivity index (χ4n) is 4.22. The van der Waals surface area contributed by atoms with Gasteiger partial charge in [0.25, 0.3) is 5.56 Å². The van der Waals surface area contributed by atoms with Crippen LogP contribution in [0.5, 0.6) is 17.2 Å². The standard InChI is InChI=1S/C27H27BrN2O6S/c1-6-35-24-17(9-8-10-20(24)34-5)23-22(26(32)36-7-2)15(3)29-27-30(23)25(31)21(37-27)14-16-11-12-19(33-4)18(28)13-16/h8-14,23H,6-7H2,1-5H3/b21-14+/t23-/m1/s1. The van der Waals surface area contributed by atoms with E-state index in [0.717, 1.165) is 10.0 Å². The van der Waals surface area contributed by atoms with Gasteiger partial charge in [0, 0.05) is 5.56 Å². The van der Waals surface area contributed by atoms with Crippen molar-refractivity contribution in [1.82, 2.24) is 4.57 Å². The Labute approximate surface area is 226 Å². The van der Waals surface area contributed by atoms with Gasteiger partial charge in [0.1, 0.15) is 11.8 Å². The van der Waals surface area contributed by atoms with E-state index in [0.29, 0.717) is 44.4 Å². The Morgan fingerprint density at radius 3 is 2.54 bits per heavy atom. The van der Waals surface area contributed by atoms with E-state index < -0.39 is 12.0 Å². The number of rotatable bonds is 8. The van der Waals surface area contributed by atoms with Crippen LogP contribution < -0.4 is 29.1 Å². The number of thiazole rings is 1. The van der Waals surface area contributed by atoms with Crippen molar-refractivity contribution in [2.45, 2.75) is 26.8 Å². The molecular weight excluding hydrogens is 560 g/mol. The molecule has 10 heteroatoms. The highest BCUT2D eigenvalue weighted by molar-refractivity contribution is 9.10. The molecule has 1 atom stereocenters. The Bertz CT molecular complexity index is 1560. The Morgan fingerprint density at radius 2 is 1.89 bits per heavy atom. The molecule has 37 heavy (non-hydrogen) atoms. The van der Waals surface area contributed by atoms with Crippen molar-refractivity contribution < 1.29 is 23.7 Å². The number of para-hydroxylation sites is 1. The highest BCUT2D eigenvalue weighted by Crippen LogP contribution is 2.40. The van der Waals surface area contributed by atoms with Crippen molar-refractivity contribution in [3.05, 3.63) is 83.0 Å². The summed E-state index contributed by atoms with van der Waals surface area (Å²) in [5.74, 6) is 1.12. The average molecular weight is 587 g/mol. The molecule has 0 spiro atoms. The molecule has 194 valence electrons. The Balaban J connectivity index is 2.00. The van der Waals surface area contributed by atoms with Gasteiger partial charge in [0.2, 0.25) is 0 Å². The number of methoxy groups -OCH3 is 2. The summed E-state index contributed by atoms with van der Waals surface area (Å²) >= 11 is 4.75. The molecule has 8 nitrogen and oxygen atoms in total. The summed E-state index contributed by atoms with van der Waals surface area (Å²) in [6, 6.07) is 10.2. The number of ether oxygens (including phenoxy) is 4. The van der Waals surface area contributed by atoms with E-state index in [9.17, 15) is 9.59 Å². The molecule has 0 radical (unpaired) electrons. The smallest absolute Gasteiger partial charge is 0.338 e. The van der Waals surface area contributed by atoms with Crippen LogP contribution in [0.4, 0.5) is 0 Å². The van der Waals surface area contributed by atoms with E-state index in [1.165, 1.54) is 15.9 Å². The zero-order chi connectivity index (χ0) is 26.7. The number of fused-ring (bicyclic) bond motifs is 1. The Morgan fingerprint density at radius 1 is 1.14 bits per heavy atom. The van der Waals surface area contributed by atoms with Gasteiger partial charge in [-0.1, -0.05) is 29.5 Å². The van der Waals surface area contributed by atoms with E-state index in [1.807, 2.05) is 31.2 Å². The van der Waals surface area contributed by atoms with Crippen LogP contribution in [0.2, 0.25) is 0 Å². The molecule has 0 aliphatic carbocycles. The number of hydrogen-bond donors (Lipinski definition) is 0. The lowest BCUT2D eigenvalue weighted by Gasteiger charge is -2.26. The molecular formula is C27H27BrN2O6S. The van der Waals surface area contributed by atoms with Crippen LogP contribution in [0.25, 0.3) is 6.08 Å². The summed E-state index contributed by atoms with van der Waals surface area (Å²) < 4.78 is 25.0. The first-order valence-corrected chi connectivity index (χ1v) is 13.3. The predicted octanol–water partition coefficient (Wildman–Crippen LogP) is 3.98. The maximum Gasteiger partial charge on any atom is 0.338 e. The van der Waals surface area contributed by atoms with Gasteiger partial charge in [-0.2, -0.15) is 0 Å². The third-order valence-electron chi connectivity index (χ3n) is 5.80. The molecule has 0 bridgehead atoms. The second-order valence-electron chi connectivity index (χ2n) is 8.01. The lowest BCUT2D eigenvalue weighted by atomic mass is 9.94. The quantitative estimate of drug-likeness (QED) is 0.371. The van der Waals surface area contributed by atoms with Gasteiger partial charge in [-0.15, -0.1) is 0 Å². The van der Waals surface area contributed by atoms with Gasteiger partial charge in [-0.05, 0) is 66.5 Å². The number of esters is 1. The maximum absolute atomic E-state index is 13.9. The van der Waals surface area contributed by atoms with E-state index in [-0.39, 0.29) is 17.7 Å². The summed E-state index contributed by atoms with van der Waals surface area (Å²) in [5, 5.41) is 0. The van der Waals surface area contributed by atoms with Crippen LogP contribution in [-0.4, -0.2) is 38.0 Å². The zero-order valence-electron chi connectivity index (χ0n) is 21.2. The number of carbonyl (C=O) groups is 1. The molecule has 2 heterocycles. The molecule has 3 aromatic rings. The number of aromatic nitrogens is 1. The number of carbonyl (C=O) groups excluding carboxylic acids is 1. The number of halogens is 1. The molecule has 4 rings (SSSR count). The van der Waals surface area contributed by atoms with Gasteiger partial charge in [-0.25, -0.2) is 9.79 Å². The van der Waals surface area contributed by atoms with Gasteiger partial charge in [0.05, 0.1) is 47.7 Å². The predicted molar refractivity (Wildman–Crippen MR) is 145 cm³/mol. The monoisotopic (exact) mass is 586 g/mol. The molecule has 0 fully saturated rings. The van der Waals surface area contributed by atoms with Crippen LogP contribution in [-0.2, 0) is 9.53 Å². The Hall–Kier alpha value is -3.37. The summed E-state index contributed by atoms with van der Waals surface area (Å²) in [5.41, 5.74) is 1.90. The molecule has 1 aliphatic rings. The SMILES string of the molecule is CCOC(=O)C1=C(C)N=c2s/c(=C/c3ccc(OC)c(Br)c3)c(=O)n2[C@@H]1c1cccc(OC)c1OCC. The molecule has 1 aromatic heterocycles. The van der Waals surface area contributed by atoms with Crippen molar-refractivity contribution in [2.24, 2.45) is 4.99 Å². The molecule has 0 amide bonds. The third-order valence-corrected chi connectivity index (χ3v) is 7.41. The summed E-state index contributed by atoms with van der Waals surface area (Å²) in [6.45, 7) is 5.91. The van der Waals surface area contributed by atoms with E-state index in [2.05, 4.69) is 20.9 Å². The molecule has 2 aromatic carbocycles. The first-order chi connectivity index (χ1) is 17.8. The van der Waals surface area contributed by atoms with E-state index in [4.69, 9.17) is 18.9 Å². The molecule has 0 unspecified atom stereocenters. The van der Waals surface area contributed by atoms with E-state index in [1.54, 1.807) is 46.3 Å². The molecule has 1 aliphatic heterocycles. The maximum atomic E-state index is 13.9. The fraction of sp³-hybridized carbons (Fsp3) is 0.296. The number of hydrogen-bond acceptors (Lipinski definition) is 8. The summed E-state index contributed by atoms with van der Waals surface area (Å²) in [4.78, 5) is 32.2. The third kappa shape index (κ3) is 5.08. The largest absolute Gasteiger partial charge is 0.496 e. The normalized spacial score (nSPS) is 15.2. The zero-order valence-corrected chi connectivity index (χ0v) is 23.6. The first-order valence-electron chi connectivity index (χ1n) is 11.7. The number of nitrogens with zero attached hydrogens (tertiary/aromatic N) is 2. The molecule has 0 N–H and O–H groups in total. The van der Waals surface area contributed by atoms with Crippen molar-refractivity contribution in [2.75, 3.05) is 27.4 Å². The van der Waals surface area contributed by atoms with Crippen LogP contribution in [0, 0.1) is 0 Å².